The smallest absolute Gasteiger partial charge is 0.247 e. The lowest BCUT2D eigenvalue weighted by molar-refractivity contribution is -0.118. The predicted octanol–water partition coefficient (Wildman–Crippen LogP) is 6.04. The minimum absolute atomic E-state index is 0.152. The Balaban J connectivity index is 1.71. The number of para-hydroxylation sites is 1. The van der Waals surface area contributed by atoms with E-state index in [1.807, 2.05) is 60.7 Å². The highest BCUT2D eigenvalue weighted by molar-refractivity contribution is 7.99. The van der Waals surface area contributed by atoms with Gasteiger partial charge in [-0.3, -0.25) is 9.69 Å². The van der Waals surface area contributed by atoms with Gasteiger partial charge in [0.1, 0.15) is 5.75 Å². The van der Waals surface area contributed by atoms with Crippen LogP contribution >= 0.6 is 11.8 Å². The zero-order valence-electron chi connectivity index (χ0n) is 19.9. The fourth-order valence-electron chi connectivity index (χ4n) is 4.31. The second-order valence-corrected chi connectivity index (χ2v) is 9.29. The number of anilines is 1. The minimum atomic E-state index is -0.754. The maximum absolute atomic E-state index is 13.1. The first-order valence-electron chi connectivity index (χ1n) is 11.6. The number of amides is 1. The number of fused-ring (bicyclic) bond motifs is 4. The molecule has 1 aliphatic heterocycles. The third-order valence-corrected chi connectivity index (χ3v) is 6.91. The number of thioether (sulfide) groups is 1. The lowest BCUT2D eigenvalue weighted by Gasteiger charge is -2.30. The van der Waals surface area contributed by atoms with Crippen LogP contribution in [-0.4, -0.2) is 34.0 Å². The van der Waals surface area contributed by atoms with Gasteiger partial charge in [0.2, 0.25) is 23.2 Å². The number of carbonyl (C=O) groups is 1. The Labute approximate surface area is 208 Å². The van der Waals surface area contributed by atoms with Crippen LogP contribution in [-0.2, 0) is 4.79 Å². The molecule has 1 aliphatic rings. The van der Waals surface area contributed by atoms with Gasteiger partial charge in [0, 0.05) is 29.2 Å². The van der Waals surface area contributed by atoms with Gasteiger partial charge in [0.05, 0.1) is 12.8 Å². The number of ether oxygens (including phenoxy) is 2. The average Bonchev–Trinajstić information content (AvgIpc) is 3.02. The number of rotatable bonds is 6. The van der Waals surface area contributed by atoms with E-state index in [9.17, 15) is 4.79 Å². The second kappa shape index (κ2) is 9.92. The number of unbranched alkanes of at least 4 members (excludes halogenated alkanes) is 1. The van der Waals surface area contributed by atoms with E-state index in [4.69, 9.17) is 14.5 Å². The molecule has 8 heteroatoms. The van der Waals surface area contributed by atoms with E-state index in [0.717, 1.165) is 46.2 Å². The monoisotopic (exact) mass is 486 g/mol. The maximum atomic E-state index is 13.1. The Morgan fingerprint density at radius 2 is 1.83 bits per heavy atom. The molecule has 2 heterocycles. The van der Waals surface area contributed by atoms with Crippen LogP contribution < -0.4 is 14.4 Å². The normalized spacial score (nSPS) is 14.6. The molecule has 35 heavy (non-hydrogen) atoms. The van der Waals surface area contributed by atoms with Crippen molar-refractivity contribution in [3.05, 3.63) is 66.2 Å². The third kappa shape index (κ3) is 4.30. The van der Waals surface area contributed by atoms with Gasteiger partial charge in [0.15, 0.2) is 5.69 Å². The van der Waals surface area contributed by atoms with Crippen molar-refractivity contribution in [2.45, 2.75) is 38.1 Å². The molecule has 0 fully saturated rings. The first-order chi connectivity index (χ1) is 17.1. The molecule has 0 saturated heterocycles. The summed E-state index contributed by atoms with van der Waals surface area (Å²) in [4.78, 5) is 19.5. The molecule has 1 atom stereocenters. The number of carbonyl (C=O) groups excluding carboxylic acids is 1. The van der Waals surface area contributed by atoms with Gasteiger partial charge in [-0.15, -0.1) is 10.2 Å². The quantitative estimate of drug-likeness (QED) is 0.243. The van der Waals surface area contributed by atoms with Crippen LogP contribution in [0.25, 0.3) is 22.0 Å². The second-order valence-electron chi connectivity index (χ2n) is 8.23. The van der Waals surface area contributed by atoms with E-state index in [1.165, 1.54) is 0 Å². The number of methoxy groups -OCH3 is 1. The Hall–Kier alpha value is -3.65. The van der Waals surface area contributed by atoms with Crippen molar-refractivity contribution in [2.75, 3.05) is 17.8 Å². The van der Waals surface area contributed by atoms with Crippen molar-refractivity contribution >= 4 is 34.1 Å². The van der Waals surface area contributed by atoms with Crippen LogP contribution in [0.3, 0.4) is 0 Å². The van der Waals surface area contributed by atoms with Gasteiger partial charge >= 0.3 is 0 Å². The summed E-state index contributed by atoms with van der Waals surface area (Å²) in [6, 6.07) is 19.4. The van der Waals surface area contributed by atoms with Crippen LogP contribution in [0, 0.1) is 0 Å². The van der Waals surface area contributed by atoms with Crippen LogP contribution in [0.2, 0.25) is 0 Å². The van der Waals surface area contributed by atoms with Gasteiger partial charge in [-0.2, -0.15) is 4.98 Å². The van der Waals surface area contributed by atoms with Crippen molar-refractivity contribution in [3.63, 3.8) is 0 Å². The van der Waals surface area contributed by atoms with Gasteiger partial charge in [-0.1, -0.05) is 67.6 Å². The predicted molar refractivity (Wildman–Crippen MR) is 138 cm³/mol. The number of hydrogen-bond acceptors (Lipinski definition) is 7. The van der Waals surface area contributed by atoms with Crippen LogP contribution in [0.1, 0.15) is 38.5 Å². The molecule has 0 saturated carbocycles. The molecule has 7 nitrogen and oxygen atoms in total. The van der Waals surface area contributed by atoms with Crippen molar-refractivity contribution in [2.24, 2.45) is 0 Å². The molecule has 0 spiro atoms. The minimum Gasteiger partial charge on any atom is -0.496 e. The van der Waals surface area contributed by atoms with Crippen molar-refractivity contribution in [1.29, 1.82) is 0 Å². The highest BCUT2D eigenvalue weighted by atomic mass is 32.2. The van der Waals surface area contributed by atoms with Gasteiger partial charge in [-0.25, -0.2) is 0 Å². The summed E-state index contributed by atoms with van der Waals surface area (Å²) >= 11 is 1.56. The molecule has 0 bridgehead atoms. The fourth-order valence-corrected chi connectivity index (χ4v) is 5.17. The van der Waals surface area contributed by atoms with E-state index in [0.29, 0.717) is 22.4 Å². The molecular formula is C27H26N4O3S. The fraction of sp³-hybridized carbons (Fsp3) is 0.259. The molecular weight excluding hydrogens is 460 g/mol. The van der Waals surface area contributed by atoms with Crippen LogP contribution in [0.15, 0.2) is 65.8 Å². The number of aromatic nitrogens is 3. The summed E-state index contributed by atoms with van der Waals surface area (Å²) in [5, 5.41) is 11.3. The Kier molecular flexibility index (Phi) is 6.55. The molecule has 0 N–H and O–H groups in total. The first kappa shape index (κ1) is 23.1. The van der Waals surface area contributed by atoms with E-state index in [-0.39, 0.29) is 5.91 Å². The molecule has 1 amide bonds. The standard InChI is InChI=1S/C27H26N4O3S/c1-4-5-16-35-27-28-25-24(29-30-27)21-12-8-9-13-22(21)31(17(2)32)26(34-25)20-14-15-23(33-3)19-11-7-6-10-18(19)20/h6-15,26H,4-5,16H2,1-3H3. The zero-order valence-corrected chi connectivity index (χ0v) is 20.7. The molecule has 5 rings (SSSR count). The Morgan fingerprint density at radius 3 is 2.60 bits per heavy atom. The van der Waals surface area contributed by atoms with E-state index in [1.54, 1.807) is 30.7 Å². The molecule has 178 valence electrons. The van der Waals surface area contributed by atoms with Crippen molar-refractivity contribution in [3.8, 4) is 22.9 Å². The third-order valence-electron chi connectivity index (χ3n) is 5.98. The summed E-state index contributed by atoms with van der Waals surface area (Å²) in [7, 11) is 1.65. The Bertz CT molecular complexity index is 1390. The maximum Gasteiger partial charge on any atom is 0.247 e. The van der Waals surface area contributed by atoms with Gasteiger partial charge in [0.25, 0.3) is 0 Å². The number of nitrogens with zero attached hydrogens (tertiary/aromatic N) is 4. The van der Waals surface area contributed by atoms with Crippen LogP contribution in [0.5, 0.6) is 11.6 Å². The molecule has 1 aromatic heterocycles. The highest BCUT2D eigenvalue weighted by Gasteiger charge is 2.35. The van der Waals surface area contributed by atoms with Crippen molar-refractivity contribution in [1.82, 2.24) is 15.2 Å². The first-order valence-corrected chi connectivity index (χ1v) is 12.6. The largest absolute Gasteiger partial charge is 0.496 e. The molecule has 0 radical (unpaired) electrons. The SMILES string of the molecule is CCCCSc1nnc2c(n1)OC(c1ccc(OC)c3ccccc13)N(C(C)=O)c1ccccc1-2. The molecule has 4 aromatic rings. The topological polar surface area (TPSA) is 77.4 Å². The summed E-state index contributed by atoms with van der Waals surface area (Å²) in [5.41, 5.74) is 2.80. The highest BCUT2D eigenvalue weighted by Crippen LogP contribution is 2.45. The summed E-state index contributed by atoms with van der Waals surface area (Å²) in [6.45, 7) is 3.69. The average molecular weight is 487 g/mol. The lowest BCUT2D eigenvalue weighted by atomic mass is 10.0. The molecule has 0 aliphatic carbocycles. The van der Waals surface area contributed by atoms with Crippen LogP contribution in [0.4, 0.5) is 5.69 Å². The zero-order chi connectivity index (χ0) is 24.4. The van der Waals surface area contributed by atoms with E-state index in [2.05, 4.69) is 17.1 Å². The number of hydrogen-bond donors (Lipinski definition) is 0. The summed E-state index contributed by atoms with van der Waals surface area (Å²) < 4.78 is 12.2. The lowest BCUT2D eigenvalue weighted by Crippen LogP contribution is -2.36. The van der Waals surface area contributed by atoms with E-state index >= 15 is 0 Å². The molecule has 3 aromatic carbocycles. The molecule has 1 unspecified atom stereocenters. The van der Waals surface area contributed by atoms with Crippen molar-refractivity contribution < 1.29 is 14.3 Å². The Morgan fingerprint density at radius 1 is 1.06 bits per heavy atom. The number of benzene rings is 3. The van der Waals surface area contributed by atoms with Gasteiger partial charge in [-0.05, 0) is 30.0 Å². The summed E-state index contributed by atoms with van der Waals surface area (Å²) in [6.07, 6.45) is 1.40. The van der Waals surface area contributed by atoms with Gasteiger partial charge < -0.3 is 9.47 Å². The summed E-state index contributed by atoms with van der Waals surface area (Å²) in [5.74, 6) is 1.87. The van der Waals surface area contributed by atoms with E-state index < -0.39 is 6.23 Å².